The van der Waals surface area contributed by atoms with Crippen molar-refractivity contribution in [2.24, 2.45) is 0 Å². The van der Waals surface area contributed by atoms with Gasteiger partial charge in [-0.3, -0.25) is 4.79 Å². The molecule has 0 aromatic heterocycles. The SMILES string of the molecule is CNCC1(C(=O)c2ccc(OCCCCl)cc2)OC(=O)C(=O)O1. The Morgan fingerprint density at radius 3 is 2.35 bits per heavy atom. The van der Waals surface area contributed by atoms with Crippen LogP contribution in [0.5, 0.6) is 5.75 Å². The van der Waals surface area contributed by atoms with E-state index in [4.69, 9.17) is 25.8 Å². The maximum Gasteiger partial charge on any atom is 0.421 e. The van der Waals surface area contributed by atoms with E-state index < -0.39 is 23.5 Å². The Morgan fingerprint density at radius 2 is 1.83 bits per heavy atom. The fourth-order valence-electron chi connectivity index (χ4n) is 2.05. The van der Waals surface area contributed by atoms with Crippen LogP contribution in [-0.2, 0) is 19.1 Å². The highest BCUT2D eigenvalue weighted by atomic mass is 35.5. The lowest BCUT2D eigenvalue weighted by Gasteiger charge is -2.23. The van der Waals surface area contributed by atoms with Gasteiger partial charge in [-0.2, -0.15) is 0 Å². The molecule has 1 heterocycles. The molecule has 2 rings (SSSR count). The number of ether oxygens (including phenoxy) is 3. The first-order valence-corrected chi connectivity index (χ1v) is 7.50. The van der Waals surface area contributed by atoms with Crippen molar-refractivity contribution in [2.75, 3.05) is 26.1 Å². The summed E-state index contributed by atoms with van der Waals surface area (Å²) in [6, 6.07) is 6.23. The predicted octanol–water partition coefficient (Wildman–Crippen LogP) is 0.893. The molecule has 0 saturated carbocycles. The van der Waals surface area contributed by atoms with Crippen LogP contribution in [-0.4, -0.2) is 49.6 Å². The largest absolute Gasteiger partial charge is 0.494 e. The van der Waals surface area contributed by atoms with Crippen molar-refractivity contribution >= 4 is 29.3 Å². The molecule has 1 aliphatic rings. The molecule has 124 valence electrons. The molecule has 0 aliphatic carbocycles. The van der Waals surface area contributed by atoms with Gasteiger partial charge >= 0.3 is 17.7 Å². The average molecular weight is 342 g/mol. The third kappa shape index (κ3) is 3.80. The molecule has 1 aliphatic heterocycles. The topological polar surface area (TPSA) is 90.9 Å². The van der Waals surface area contributed by atoms with E-state index in [2.05, 4.69) is 5.32 Å². The summed E-state index contributed by atoms with van der Waals surface area (Å²) in [5.74, 6) is -3.89. The van der Waals surface area contributed by atoms with Crippen molar-refractivity contribution < 1.29 is 28.6 Å². The van der Waals surface area contributed by atoms with E-state index in [1.165, 1.54) is 12.1 Å². The van der Waals surface area contributed by atoms with E-state index in [1.807, 2.05) is 0 Å². The first kappa shape index (κ1) is 17.2. The van der Waals surface area contributed by atoms with Gasteiger partial charge in [0.25, 0.3) is 0 Å². The summed E-state index contributed by atoms with van der Waals surface area (Å²) in [7, 11) is 1.54. The maximum absolute atomic E-state index is 12.6. The number of Topliss-reactive ketones (excluding diaryl/α,β-unsaturated/α-hetero) is 1. The second-order valence-corrected chi connectivity index (χ2v) is 5.18. The highest BCUT2D eigenvalue weighted by Crippen LogP contribution is 2.26. The van der Waals surface area contributed by atoms with Crippen LogP contribution in [0.3, 0.4) is 0 Å². The Labute approximate surface area is 137 Å². The Morgan fingerprint density at radius 1 is 1.22 bits per heavy atom. The van der Waals surface area contributed by atoms with Crippen LogP contribution in [0.25, 0.3) is 0 Å². The molecule has 0 radical (unpaired) electrons. The van der Waals surface area contributed by atoms with Crippen molar-refractivity contribution in [1.82, 2.24) is 5.32 Å². The predicted molar refractivity (Wildman–Crippen MR) is 80.4 cm³/mol. The molecule has 1 saturated heterocycles. The van der Waals surface area contributed by atoms with Gasteiger partial charge in [0.1, 0.15) is 5.75 Å². The second-order valence-electron chi connectivity index (χ2n) is 4.81. The van der Waals surface area contributed by atoms with Gasteiger partial charge in [0.2, 0.25) is 5.78 Å². The molecule has 0 unspecified atom stereocenters. The molecule has 0 bridgehead atoms. The number of carbonyl (C=O) groups is 3. The molecule has 1 N–H and O–H groups in total. The zero-order valence-corrected chi connectivity index (χ0v) is 13.2. The number of cyclic esters (lactones) is 2. The molecular weight excluding hydrogens is 326 g/mol. The van der Waals surface area contributed by atoms with Gasteiger partial charge in [-0.1, -0.05) is 0 Å². The zero-order valence-electron chi connectivity index (χ0n) is 12.5. The fourth-order valence-corrected chi connectivity index (χ4v) is 2.16. The lowest BCUT2D eigenvalue weighted by molar-refractivity contribution is -0.157. The minimum atomic E-state index is -1.97. The highest BCUT2D eigenvalue weighted by molar-refractivity contribution is 6.32. The second kappa shape index (κ2) is 7.43. The Hall–Kier alpha value is -2.12. The lowest BCUT2D eigenvalue weighted by Crippen LogP contribution is -2.48. The summed E-state index contributed by atoms with van der Waals surface area (Å²) >= 11 is 5.56. The summed E-state index contributed by atoms with van der Waals surface area (Å²) in [5, 5.41) is 2.68. The van der Waals surface area contributed by atoms with Crippen molar-refractivity contribution in [1.29, 1.82) is 0 Å². The summed E-state index contributed by atoms with van der Waals surface area (Å²) in [6.45, 7) is 0.326. The number of ketones is 1. The quantitative estimate of drug-likeness (QED) is 0.247. The van der Waals surface area contributed by atoms with Crippen molar-refractivity contribution in [3.63, 3.8) is 0 Å². The molecule has 8 heteroatoms. The number of halogens is 1. The minimum Gasteiger partial charge on any atom is -0.494 e. The first-order chi connectivity index (χ1) is 11.0. The van der Waals surface area contributed by atoms with Crippen LogP contribution in [0.15, 0.2) is 24.3 Å². The molecule has 7 nitrogen and oxygen atoms in total. The number of likely N-dealkylation sites (N-methyl/N-ethyl adjacent to an activating group) is 1. The average Bonchev–Trinajstić information content (AvgIpc) is 2.83. The normalized spacial score (nSPS) is 15.9. The van der Waals surface area contributed by atoms with Crippen molar-refractivity contribution in [2.45, 2.75) is 12.2 Å². The van der Waals surface area contributed by atoms with Gasteiger partial charge < -0.3 is 19.5 Å². The highest BCUT2D eigenvalue weighted by Gasteiger charge is 2.54. The summed E-state index contributed by atoms with van der Waals surface area (Å²) in [5.41, 5.74) is 0.229. The van der Waals surface area contributed by atoms with Crippen LogP contribution < -0.4 is 10.1 Å². The summed E-state index contributed by atoms with van der Waals surface area (Å²) in [4.78, 5) is 35.2. The summed E-state index contributed by atoms with van der Waals surface area (Å²) < 4.78 is 15.2. The molecule has 23 heavy (non-hydrogen) atoms. The lowest BCUT2D eigenvalue weighted by atomic mass is 10.0. The van der Waals surface area contributed by atoms with Gasteiger partial charge in [-0.25, -0.2) is 9.59 Å². The number of esters is 2. The molecular formula is C15H16ClNO6. The van der Waals surface area contributed by atoms with E-state index in [0.29, 0.717) is 24.7 Å². The fraction of sp³-hybridized carbons (Fsp3) is 0.400. The van der Waals surface area contributed by atoms with E-state index in [-0.39, 0.29) is 12.1 Å². The van der Waals surface area contributed by atoms with Crippen LogP contribution >= 0.6 is 11.6 Å². The Kier molecular flexibility index (Phi) is 5.57. The van der Waals surface area contributed by atoms with Crippen LogP contribution in [0.2, 0.25) is 0 Å². The number of benzene rings is 1. The number of hydrogen-bond donors (Lipinski definition) is 1. The van der Waals surface area contributed by atoms with Gasteiger partial charge in [0.05, 0.1) is 13.2 Å². The number of rotatable bonds is 8. The monoisotopic (exact) mass is 341 g/mol. The Bertz CT molecular complexity index is 584. The van der Waals surface area contributed by atoms with E-state index in [0.717, 1.165) is 0 Å². The summed E-state index contributed by atoms with van der Waals surface area (Å²) in [6.07, 6.45) is 0.708. The first-order valence-electron chi connectivity index (χ1n) is 6.97. The molecule has 0 atom stereocenters. The number of hydrogen-bond acceptors (Lipinski definition) is 7. The van der Waals surface area contributed by atoms with Gasteiger partial charge in [0.15, 0.2) is 0 Å². The smallest absolute Gasteiger partial charge is 0.421 e. The minimum absolute atomic E-state index is 0.142. The molecule has 1 aromatic carbocycles. The zero-order chi connectivity index (χ0) is 16.9. The van der Waals surface area contributed by atoms with Crippen LogP contribution in [0.1, 0.15) is 16.8 Å². The Balaban J connectivity index is 2.14. The third-order valence-electron chi connectivity index (χ3n) is 3.10. The van der Waals surface area contributed by atoms with Crippen molar-refractivity contribution in [3.8, 4) is 5.75 Å². The third-order valence-corrected chi connectivity index (χ3v) is 3.37. The number of nitrogens with one attached hydrogen (secondary N) is 1. The number of alkyl halides is 1. The standard InChI is InChI=1S/C15H16ClNO6/c1-17-9-15(22-13(19)14(20)23-15)12(18)10-3-5-11(6-4-10)21-8-2-7-16/h3-6,17H,2,7-9H2,1H3. The van der Waals surface area contributed by atoms with Gasteiger partial charge in [-0.05, 0) is 37.7 Å². The number of carbonyl (C=O) groups excluding carboxylic acids is 3. The molecule has 1 aromatic rings. The molecule has 0 amide bonds. The van der Waals surface area contributed by atoms with E-state index in [9.17, 15) is 14.4 Å². The van der Waals surface area contributed by atoms with Gasteiger partial charge in [-0.15, -0.1) is 11.6 Å². The maximum atomic E-state index is 12.6. The van der Waals surface area contributed by atoms with E-state index >= 15 is 0 Å². The van der Waals surface area contributed by atoms with Gasteiger partial charge in [0, 0.05) is 11.4 Å². The van der Waals surface area contributed by atoms with Crippen LogP contribution in [0.4, 0.5) is 0 Å². The molecule has 0 spiro atoms. The van der Waals surface area contributed by atoms with Crippen LogP contribution in [0, 0.1) is 0 Å². The molecule has 1 fully saturated rings. The van der Waals surface area contributed by atoms with E-state index in [1.54, 1.807) is 19.2 Å². The van der Waals surface area contributed by atoms with Crippen molar-refractivity contribution in [3.05, 3.63) is 29.8 Å².